The van der Waals surface area contributed by atoms with Crippen molar-refractivity contribution in [3.8, 4) is 0 Å². The van der Waals surface area contributed by atoms with E-state index in [1.54, 1.807) is 36.4 Å². The molecular formula is C25H22ClNO6S. The highest BCUT2D eigenvalue weighted by atomic mass is 35.5. The Morgan fingerprint density at radius 2 is 1.71 bits per heavy atom. The highest BCUT2D eigenvalue weighted by Crippen LogP contribution is 2.38. The molecule has 0 aromatic heterocycles. The second-order valence-corrected chi connectivity index (χ2v) is 9.79. The number of sulfone groups is 1. The van der Waals surface area contributed by atoms with Crippen molar-refractivity contribution in [3.63, 3.8) is 0 Å². The number of anilines is 1. The molecule has 176 valence electrons. The van der Waals surface area contributed by atoms with Gasteiger partial charge in [-0.2, -0.15) is 0 Å². The van der Waals surface area contributed by atoms with E-state index in [0.717, 1.165) is 0 Å². The number of ether oxygens (including phenoxy) is 2. The summed E-state index contributed by atoms with van der Waals surface area (Å²) in [5.74, 6) is -1.16. The van der Waals surface area contributed by atoms with Crippen LogP contribution in [-0.4, -0.2) is 40.1 Å². The van der Waals surface area contributed by atoms with Crippen LogP contribution >= 0.6 is 11.6 Å². The van der Waals surface area contributed by atoms with Crippen molar-refractivity contribution in [2.45, 2.75) is 23.3 Å². The van der Waals surface area contributed by atoms with Crippen molar-refractivity contribution in [1.29, 1.82) is 0 Å². The van der Waals surface area contributed by atoms with Crippen molar-refractivity contribution >= 4 is 39.0 Å². The molecule has 7 nitrogen and oxygen atoms in total. The molecule has 0 spiro atoms. The van der Waals surface area contributed by atoms with Crippen LogP contribution in [0.5, 0.6) is 0 Å². The summed E-state index contributed by atoms with van der Waals surface area (Å²) in [6.45, 7) is 2.63. The standard InChI is InChI=1S/C25H22ClNO6S/c1-2-32-13-14-33-25(29)17-11-12-23-21(15-17)27(16-18-7-3-5-9-20(18)26)24(28)19-8-4-6-10-22(19)34(23,30)31/h3-12,15H,2,13-14,16H2,1H3. The Labute approximate surface area is 202 Å². The van der Waals surface area contributed by atoms with Gasteiger partial charge >= 0.3 is 5.97 Å². The first-order valence-corrected chi connectivity index (χ1v) is 12.5. The van der Waals surface area contributed by atoms with Crippen molar-refractivity contribution < 1.29 is 27.5 Å². The fourth-order valence-electron chi connectivity index (χ4n) is 3.71. The molecule has 3 aromatic rings. The predicted octanol–water partition coefficient (Wildman–Crippen LogP) is 4.53. The van der Waals surface area contributed by atoms with Gasteiger partial charge in [-0.1, -0.05) is 41.9 Å². The van der Waals surface area contributed by atoms with Crippen LogP contribution in [0.3, 0.4) is 0 Å². The number of hydrogen-bond acceptors (Lipinski definition) is 6. The molecule has 0 bridgehead atoms. The van der Waals surface area contributed by atoms with E-state index < -0.39 is 21.7 Å². The first kappa shape index (κ1) is 23.9. The molecule has 3 aromatic carbocycles. The number of nitrogens with zero attached hydrogens (tertiary/aromatic N) is 1. The van der Waals surface area contributed by atoms with Gasteiger partial charge in [0.1, 0.15) is 6.61 Å². The van der Waals surface area contributed by atoms with Crippen molar-refractivity contribution in [2.24, 2.45) is 0 Å². The zero-order chi connectivity index (χ0) is 24.3. The Morgan fingerprint density at radius 1 is 0.971 bits per heavy atom. The quantitative estimate of drug-likeness (QED) is 0.350. The minimum atomic E-state index is -4.04. The Balaban J connectivity index is 1.83. The number of fused-ring (bicyclic) bond motifs is 2. The SMILES string of the molecule is CCOCCOC(=O)c1ccc2c(c1)N(Cc1ccccc1Cl)C(=O)c1ccccc1S2(=O)=O. The molecule has 0 atom stereocenters. The molecule has 34 heavy (non-hydrogen) atoms. The summed E-state index contributed by atoms with van der Waals surface area (Å²) in [6, 6.07) is 17.1. The number of esters is 1. The van der Waals surface area contributed by atoms with Gasteiger partial charge in [0.15, 0.2) is 0 Å². The van der Waals surface area contributed by atoms with Crippen molar-refractivity contribution in [3.05, 3.63) is 88.4 Å². The summed E-state index contributed by atoms with van der Waals surface area (Å²) >= 11 is 6.34. The topological polar surface area (TPSA) is 90.0 Å². The van der Waals surface area contributed by atoms with Crippen molar-refractivity contribution in [1.82, 2.24) is 0 Å². The zero-order valence-electron chi connectivity index (χ0n) is 18.4. The lowest BCUT2D eigenvalue weighted by molar-refractivity contribution is 0.0335. The normalized spacial score (nSPS) is 14.2. The number of hydrogen-bond donors (Lipinski definition) is 0. The molecule has 0 unspecified atom stereocenters. The third kappa shape index (κ3) is 4.57. The van der Waals surface area contributed by atoms with Gasteiger partial charge in [0.05, 0.1) is 39.8 Å². The number of amides is 1. The molecular weight excluding hydrogens is 478 g/mol. The lowest BCUT2D eigenvalue weighted by Crippen LogP contribution is -2.30. The summed E-state index contributed by atoms with van der Waals surface area (Å²) in [5.41, 5.74) is 0.880. The molecule has 1 heterocycles. The van der Waals surface area contributed by atoms with E-state index >= 15 is 0 Å². The molecule has 0 fully saturated rings. The van der Waals surface area contributed by atoms with E-state index in [9.17, 15) is 18.0 Å². The van der Waals surface area contributed by atoms with Gasteiger partial charge in [-0.05, 0) is 48.9 Å². The summed E-state index contributed by atoms with van der Waals surface area (Å²) in [6.07, 6.45) is 0. The molecule has 4 rings (SSSR count). The largest absolute Gasteiger partial charge is 0.460 e. The van der Waals surface area contributed by atoms with Crippen LogP contribution in [0, 0.1) is 0 Å². The summed E-state index contributed by atoms with van der Waals surface area (Å²) in [7, 11) is -4.04. The number of rotatable bonds is 7. The van der Waals surface area contributed by atoms with Gasteiger partial charge in [-0.3, -0.25) is 4.79 Å². The van der Waals surface area contributed by atoms with Gasteiger partial charge in [-0.15, -0.1) is 0 Å². The maximum atomic E-state index is 13.6. The van der Waals surface area contributed by atoms with Crippen LogP contribution in [0.25, 0.3) is 0 Å². The van der Waals surface area contributed by atoms with E-state index in [0.29, 0.717) is 17.2 Å². The lowest BCUT2D eigenvalue weighted by Gasteiger charge is -2.24. The highest BCUT2D eigenvalue weighted by molar-refractivity contribution is 7.91. The first-order chi connectivity index (χ1) is 16.3. The average molecular weight is 500 g/mol. The number of benzene rings is 3. The minimum Gasteiger partial charge on any atom is -0.460 e. The van der Waals surface area contributed by atoms with Crippen LogP contribution in [0.2, 0.25) is 5.02 Å². The fourth-order valence-corrected chi connectivity index (χ4v) is 5.53. The monoisotopic (exact) mass is 499 g/mol. The second-order valence-electron chi connectivity index (χ2n) is 7.50. The maximum absolute atomic E-state index is 13.6. The van der Waals surface area contributed by atoms with Gasteiger partial charge in [0.25, 0.3) is 5.91 Å². The van der Waals surface area contributed by atoms with E-state index in [4.69, 9.17) is 21.1 Å². The lowest BCUT2D eigenvalue weighted by atomic mass is 10.1. The van der Waals surface area contributed by atoms with Gasteiger partial charge < -0.3 is 14.4 Å². The van der Waals surface area contributed by atoms with Gasteiger partial charge in [-0.25, -0.2) is 13.2 Å². The highest BCUT2D eigenvalue weighted by Gasteiger charge is 2.36. The van der Waals surface area contributed by atoms with E-state index in [1.807, 2.05) is 6.92 Å². The number of halogens is 1. The van der Waals surface area contributed by atoms with Crippen LogP contribution in [0.1, 0.15) is 33.2 Å². The van der Waals surface area contributed by atoms with E-state index in [-0.39, 0.29) is 46.4 Å². The molecule has 1 aliphatic rings. The molecule has 0 radical (unpaired) electrons. The molecule has 0 aliphatic carbocycles. The number of carbonyl (C=O) groups is 2. The van der Waals surface area contributed by atoms with Crippen LogP contribution < -0.4 is 4.90 Å². The van der Waals surface area contributed by atoms with E-state index in [1.165, 1.54) is 35.2 Å². The molecule has 0 saturated heterocycles. The number of carbonyl (C=O) groups excluding carboxylic acids is 2. The Kier molecular flexibility index (Phi) is 7.02. The molecule has 0 N–H and O–H groups in total. The smallest absolute Gasteiger partial charge is 0.338 e. The fraction of sp³-hybridized carbons (Fsp3) is 0.200. The zero-order valence-corrected chi connectivity index (χ0v) is 19.9. The summed E-state index contributed by atoms with van der Waals surface area (Å²) < 4.78 is 37.4. The minimum absolute atomic E-state index is 0.0121. The summed E-state index contributed by atoms with van der Waals surface area (Å²) in [4.78, 5) is 27.4. The van der Waals surface area contributed by atoms with Crippen LogP contribution in [-0.2, 0) is 25.9 Å². The summed E-state index contributed by atoms with van der Waals surface area (Å²) in [5, 5.41) is 0.434. The van der Waals surface area contributed by atoms with Crippen LogP contribution in [0.15, 0.2) is 76.5 Å². The first-order valence-electron chi connectivity index (χ1n) is 10.6. The molecule has 0 saturated carbocycles. The van der Waals surface area contributed by atoms with Crippen molar-refractivity contribution in [2.75, 3.05) is 24.7 Å². The third-order valence-electron chi connectivity index (χ3n) is 5.38. The Bertz CT molecular complexity index is 1360. The van der Waals surface area contributed by atoms with Gasteiger partial charge in [0.2, 0.25) is 9.84 Å². The maximum Gasteiger partial charge on any atom is 0.338 e. The van der Waals surface area contributed by atoms with Crippen LogP contribution in [0.4, 0.5) is 5.69 Å². The predicted molar refractivity (Wildman–Crippen MR) is 127 cm³/mol. The van der Waals surface area contributed by atoms with Gasteiger partial charge in [0, 0.05) is 11.6 Å². The third-order valence-corrected chi connectivity index (χ3v) is 7.61. The average Bonchev–Trinajstić information content (AvgIpc) is 2.91. The molecule has 9 heteroatoms. The molecule has 1 amide bonds. The second kappa shape index (κ2) is 9.97. The Morgan fingerprint density at radius 3 is 2.47 bits per heavy atom. The Hall–Kier alpha value is -3.20. The van der Waals surface area contributed by atoms with E-state index in [2.05, 4.69) is 0 Å². The molecule has 1 aliphatic heterocycles.